The monoisotopic (exact) mass is 388 g/mol. The minimum atomic E-state index is -0.0378. The molecule has 0 bridgehead atoms. The van der Waals surface area contributed by atoms with Gasteiger partial charge in [-0.15, -0.1) is 0 Å². The molecule has 4 atom stereocenters. The number of amides is 3. The van der Waals surface area contributed by atoms with E-state index in [1.165, 1.54) is 11.1 Å². The highest BCUT2D eigenvalue weighted by molar-refractivity contribution is 8.00. The molecule has 0 radical (unpaired) electrons. The molecule has 2 heterocycles. The number of nitrogen functional groups attached to an aromatic ring is 1. The lowest BCUT2D eigenvalue weighted by atomic mass is 9.87. The van der Waals surface area contributed by atoms with Crippen LogP contribution >= 0.6 is 11.8 Å². The van der Waals surface area contributed by atoms with E-state index in [1.54, 1.807) is 0 Å². The number of urea groups is 1. The maximum atomic E-state index is 12.4. The van der Waals surface area contributed by atoms with Gasteiger partial charge in [-0.2, -0.15) is 11.8 Å². The van der Waals surface area contributed by atoms with Gasteiger partial charge in [0.2, 0.25) is 5.91 Å². The molecule has 6 nitrogen and oxygen atoms in total. The van der Waals surface area contributed by atoms with Crippen molar-refractivity contribution >= 4 is 29.4 Å². The molecule has 0 aromatic heterocycles. The second kappa shape index (κ2) is 8.00. The number of benzene rings is 1. The Bertz CT molecular complexity index is 726. The van der Waals surface area contributed by atoms with Gasteiger partial charge in [0, 0.05) is 23.1 Å². The lowest BCUT2D eigenvalue weighted by Gasteiger charge is -2.26. The Hall–Kier alpha value is -1.89. The molecule has 1 aromatic rings. The molecular weight excluding hydrogens is 360 g/mol. The number of nitrogens with two attached hydrogens (primary N) is 1. The summed E-state index contributed by atoms with van der Waals surface area (Å²) in [6, 6.07) is 6.63. The number of rotatable bonds is 6. The number of fused-ring (bicyclic) bond motifs is 2. The Morgan fingerprint density at radius 2 is 2.19 bits per heavy atom. The first kappa shape index (κ1) is 18.5. The Labute approximate surface area is 164 Å². The smallest absolute Gasteiger partial charge is 0.315 e. The summed E-state index contributed by atoms with van der Waals surface area (Å²) in [4.78, 5) is 23.8. The average molecular weight is 389 g/mol. The SMILES string of the molecule is Nc1ccc2c(c1)CCCC2NC(=O)CCCC[C@@H]1SC[C@@H]2NC(=O)N[C@@H]21. The molecular formula is C20H28N4O2S. The third kappa shape index (κ3) is 4.18. The van der Waals surface area contributed by atoms with E-state index in [0.717, 1.165) is 50.0 Å². The number of hydrogen-bond acceptors (Lipinski definition) is 4. The highest BCUT2D eigenvalue weighted by atomic mass is 32.2. The summed E-state index contributed by atoms with van der Waals surface area (Å²) in [5.74, 6) is 1.12. The van der Waals surface area contributed by atoms with E-state index in [4.69, 9.17) is 5.73 Å². The molecule has 2 aliphatic heterocycles. The number of carbonyl (C=O) groups is 2. The Morgan fingerprint density at radius 3 is 3.07 bits per heavy atom. The third-order valence-electron chi connectivity index (χ3n) is 5.90. The zero-order chi connectivity index (χ0) is 18.8. The molecule has 7 heteroatoms. The number of aryl methyl sites for hydroxylation is 1. The van der Waals surface area contributed by atoms with Gasteiger partial charge in [-0.05, 0) is 55.4 Å². The van der Waals surface area contributed by atoms with Gasteiger partial charge in [-0.1, -0.05) is 12.5 Å². The number of hydrogen-bond donors (Lipinski definition) is 4. The van der Waals surface area contributed by atoms with Crippen LogP contribution in [0.15, 0.2) is 18.2 Å². The van der Waals surface area contributed by atoms with Gasteiger partial charge in [0.25, 0.3) is 0 Å². The van der Waals surface area contributed by atoms with Gasteiger partial charge >= 0.3 is 6.03 Å². The lowest BCUT2D eigenvalue weighted by Crippen LogP contribution is -2.36. The van der Waals surface area contributed by atoms with E-state index in [-0.39, 0.29) is 30.1 Å². The molecule has 146 valence electrons. The summed E-state index contributed by atoms with van der Waals surface area (Å²) in [6.45, 7) is 0. The third-order valence-corrected chi connectivity index (χ3v) is 7.41. The van der Waals surface area contributed by atoms with Crippen molar-refractivity contribution in [2.45, 2.75) is 68.3 Å². The second-order valence-corrected chi connectivity index (χ2v) is 9.11. The highest BCUT2D eigenvalue weighted by Gasteiger charge is 2.42. The maximum absolute atomic E-state index is 12.4. The molecule has 27 heavy (non-hydrogen) atoms. The van der Waals surface area contributed by atoms with Crippen LogP contribution in [0.25, 0.3) is 0 Å². The van der Waals surface area contributed by atoms with Crippen LogP contribution in [0.5, 0.6) is 0 Å². The molecule has 5 N–H and O–H groups in total. The van der Waals surface area contributed by atoms with Crippen LogP contribution in [0.1, 0.15) is 55.7 Å². The van der Waals surface area contributed by atoms with E-state index in [2.05, 4.69) is 22.0 Å². The lowest BCUT2D eigenvalue weighted by molar-refractivity contribution is -0.122. The molecule has 0 spiro atoms. The quantitative estimate of drug-likeness (QED) is 0.342. The van der Waals surface area contributed by atoms with Crippen LogP contribution in [-0.2, 0) is 11.2 Å². The highest BCUT2D eigenvalue weighted by Crippen LogP contribution is 2.33. The van der Waals surface area contributed by atoms with E-state index in [9.17, 15) is 9.59 Å². The normalized spacial score (nSPS) is 28.8. The van der Waals surface area contributed by atoms with E-state index < -0.39 is 0 Å². The second-order valence-electron chi connectivity index (χ2n) is 7.84. The van der Waals surface area contributed by atoms with Crippen LogP contribution in [0.3, 0.4) is 0 Å². The van der Waals surface area contributed by atoms with Crippen molar-refractivity contribution in [3.05, 3.63) is 29.3 Å². The minimum Gasteiger partial charge on any atom is -0.399 e. The predicted molar refractivity (Wildman–Crippen MR) is 109 cm³/mol. The molecule has 2 fully saturated rings. The van der Waals surface area contributed by atoms with E-state index in [1.807, 2.05) is 23.9 Å². The molecule has 3 amide bonds. The first-order chi connectivity index (χ1) is 13.1. The first-order valence-electron chi connectivity index (χ1n) is 9.96. The fourth-order valence-corrected chi connectivity index (χ4v) is 6.07. The van der Waals surface area contributed by atoms with Crippen LogP contribution < -0.4 is 21.7 Å². The number of anilines is 1. The molecule has 2 saturated heterocycles. The van der Waals surface area contributed by atoms with Crippen LogP contribution in [0.4, 0.5) is 10.5 Å². The molecule has 0 saturated carbocycles. The van der Waals surface area contributed by atoms with Crippen molar-refractivity contribution in [1.82, 2.24) is 16.0 Å². The van der Waals surface area contributed by atoms with Crippen molar-refractivity contribution in [1.29, 1.82) is 0 Å². The predicted octanol–water partition coefficient (Wildman–Crippen LogP) is 2.49. The summed E-state index contributed by atoms with van der Waals surface area (Å²) >= 11 is 1.93. The molecule has 1 unspecified atom stereocenters. The summed E-state index contributed by atoms with van der Waals surface area (Å²) < 4.78 is 0. The van der Waals surface area contributed by atoms with Crippen molar-refractivity contribution < 1.29 is 9.59 Å². The van der Waals surface area contributed by atoms with Crippen molar-refractivity contribution in [2.75, 3.05) is 11.5 Å². The maximum Gasteiger partial charge on any atom is 0.315 e. The van der Waals surface area contributed by atoms with Gasteiger partial charge in [0.1, 0.15) is 0 Å². The van der Waals surface area contributed by atoms with Crippen LogP contribution in [0, 0.1) is 0 Å². The number of unbranched alkanes of at least 4 members (excludes halogenated alkanes) is 1. The molecule has 1 aromatic carbocycles. The van der Waals surface area contributed by atoms with Crippen molar-refractivity contribution in [3.8, 4) is 0 Å². The molecule has 3 aliphatic rings. The Balaban J connectivity index is 1.20. The summed E-state index contributed by atoms with van der Waals surface area (Å²) in [5.41, 5.74) is 9.17. The van der Waals surface area contributed by atoms with Gasteiger partial charge in [0.15, 0.2) is 0 Å². The minimum absolute atomic E-state index is 0.0378. The zero-order valence-electron chi connectivity index (χ0n) is 15.5. The summed E-state index contributed by atoms with van der Waals surface area (Å²) in [5, 5.41) is 9.67. The van der Waals surface area contributed by atoms with E-state index in [0.29, 0.717) is 11.7 Å². The fourth-order valence-electron chi connectivity index (χ4n) is 4.52. The topological polar surface area (TPSA) is 96.2 Å². The van der Waals surface area contributed by atoms with E-state index >= 15 is 0 Å². The first-order valence-corrected chi connectivity index (χ1v) is 11.0. The van der Waals surface area contributed by atoms with Crippen molar-refractivity contribution in [2.24, 2.45) is 0 Å². The van der Waals surface area contributed by atoms with Gasteiger partial charge in [-0.3, -0.25) is 4.79 Å². The Kier molecular flexibility index (Phi) is 5.48. The average Bonchev–Trinajstić information content (AvgIpc) is 3.18. The van der Waals surface area contributed by atoms with Crippen LogP contribution in [0.2, 0.25) is 0 Å². The van der Waals surface area contributed by atoms with Crippen molar-refractivity contribution in [3.63, 3.8) is 0 Å². The van der Waals surface area contributed by atoms with Crippen LogP contribution in [-0.4, -0.2) is 35.0 Å². The zero-order valence-corrected chi connectivity index (χ0v) is 16.3. The van der Waals surface area contributed by atoms with Gasteiger partial charge < -0.3 is 21.7 Å². The largest absolute Gasteiger partial charge is 0.399 e. The standard InChI is InChI=1S/C20H28N4O2S/c21-13-8-9-14-12(10-13)4-3-5-15(14)22-18(25)7-2-1-6-17-19-16(11-27-17)23-20(26)24-19/h8-10,15-17,19H,1-7,11,21H2,(H,22,25)(H2,23,24,26)/t15?,16-,17-,19-/m0/s1. The summed E-state index contributed by atoms with van der Waals surface area (Å²) in [6.07, 6.45) is 6.65. The number of nitrogens with one attached hydrogen (secondary N) is 3. The fraction of sp³-hybridized carbons (Fsp3) is 0.600. The Morgan fingerprint density at radius 1 is 1.30 bits per heavy atom. The molecule has 1 aliphatic carbocycles. The summed E-state index contributed by atoms with van der Waals surface area (Å²) in [7, 11) is 0. The van der Waals surface area contributed by atoms with Gasteiger partial charge in [-0.25, -0.2) is 4.79 Å². The molecule has 4 rings (SSSR count). The number of thioether (sulfide) groups is 1. The van der Waals surface area contributed by atoms with Gasteiger partial charge in [0.05, 0.1) is 18.1 Å². The number of carbonyl (C=O) groups excluding carboxylic acids is 2.